The molecule has 0 N–H and O–H groups in total. The van der Waals surface area contributed by atoms with E-state index in [4.69, 9.17) is 30.5 Å². The van der Waals surface area contributed by atoms with Gasteiger partial charge in [0.15, 0.2) is 12.0 Å². The fraction of sp³-hybridized carbons (Fsp3) is 0.486. The predicted molar refractivity (Wildman–Crippen MR) is 185 cm³/mol. The van der Waals surface area contributed by atoms with Crippen LogP contribution in [0.1, 0.15) is 95.4 Å². The number of rotatable bonds is 5. The van der Waals surface area contributed by atoms with Gasteiger partial charge >= 0.3 is 18.2 Å². The Morgan fingerprint density at radius 3 is 2.22 bits per heavy atom. The molecule has 1 aliphatic rings. The Kier molecular flexibility index (Phi) is 9.82. The average molecular weight is 696 g/mol. The molecule has 1 atom stereocenters. The van der Waals surface area contributed by atoms with Gasteiger partial charge in [0.05, 0.1) is 34.9 Å². The van der Waals surface area contributed by atoms with Crippen molar-refractivity contribution in [2.45, 2.75) is 99.0 Å². The maximum Gasteiger partial charge on any atom is 0.425 e. The van der Waals surface area contributed by atoms with Crippen LogP contribution >= 0.6 is 11.6 Å². The molecule has 1 aliphatic heterocycles. The highest BCUT2D eigenvalue weighted by molar-refractivity contribution is 6.31. The van der Waals surface area contributed by atoms with E-state index in [0.717, 1.165) is 23.8 Å². The molecule has 1 unspecified atom stereocenters. The zero-order valence-corrected chi connectivity index (χ0v) is 30.1. The standard InChI is InChI=1S/C35H42ClN5O8/c1-10-46-31(43)25-26-21(17-20(3)28(36)38-26)30(42)39(29(25)40(32(44)48-34(4,5)6)33(45)49-35(7,8)9)27-19(2)14-15-23-22(27)18-37-41(23)24-13-11-12-16-47-24/h14-15,17-18,24H,10-13,16H2,1-9H3. The number of anilines is 1. The highest BCUT2D eigenvalue weighted by atomic mass is 35.5. The van der Waals surface area contributed by atoms with E-state index in [1.165, 1.54) is 6.07 Å². The summed E-state index contributed by atoms with van der Waals surface area (Å²) in [6.07, 6.45) is 1.50. The van der Waals surface area contributed by atoms with Gasteiger partial charge in [-0.05, 0) is 105 Å². The zero-order chi connectivity index (χ0) is 36.0. The molecule has 3 aromatic heterocycles. The maximum absolute atomic E-state index is 14.9. The second-order valence-corrected chi connectivity index (χ2v) is 14.3. The highest BCUT2D eigenvalue weighted by Gasteiger charge is 2.40. The summed E-state index contributed by atoms with van der Waals surface area (Å²) in [6.45, 7) is 15.3. The topological polar surface area (TPSA) is 144 Å². The summed E-state index contributed by atoms with van der Waals surface area (Å²) in [7, 11) is 0. The second kappa shape index (κ2) is 13.4. The normalized spacial score (nSPS) is 15.3. The number of hydrogen-bond acceptors (Lipinski definition) is 10. The molecule has 1 aromatic carbocycles. The Hall–Kier alpha value is -4.49. The highest BCUT2D eigenvalue weighted by Crippen LogP contribution is 2.37. The summed E-state index contributed by atoms with van der Waals surface area (Å²) in [5.74, 6) is -1.44. The molecule has 1 saturated heterocycles. The Morgan fingerprint density at radius 1 is 1.00 bits per heavy atom. The maximum atomic E-state index is 14.9. The van der Waals surface area contributed by atoms with Crippen LogP contribution in [-0.4, -0.2) is 61.9 Å². The Morgan fingerprint density at radius 2 is 1.65 bits per heavy atom. The Balaban J connectivity index is 2.00. The lowest BCUT2D eigenvalue weighted by Crippen LogP contribution is -2.47. The first-order chi connectivity index (χ1) is 22.9. The number of ether oxygens (including phenoxy) is 4. The van der Waals surface area contributed by atoms with E-state index >= 15 is 0 Å². The van der Waals surface area contributed by atoms with Gasteiger partial charge in [-0.2, -0.15) is 10.00 Å². The van der Waals surface area contributed by atoms with E-state index in [1.54, 1.807) is 79.3 Å². The van der Waals surface area contributed by atoms with E-state index in [-0.39, 0.29) is 40.1 Å². The molecular weight excluding hydrogens is 654 g/mol. The van der Waals surface area contributed by atoms with E-state index in [1.807, 2.05) is 6.07 Å². The first-order valence-electron chi connectivity index (χ1n) is 16.2. The Bertz CT molecular complexity index is 1990. The molecule has 4 aromatic rings. The van der Waals surface area contributed by atoms with Gasteiger partial charge in [0, 0.05) is 12.0 Å². The number of carbonyl (C=O) groups is 3. The zero-order valence-electron chi connectivity index (χ0n) is 29.3. The van der Waals surface area contributed by atoms with Gasteiger partial charge in [-0.3, -0.25) is 9.36 Å². The molecule has 0 saturated carbocycles. The lowest BCUT2D eigenvalue weighted by molar-refractivity contribution is -0.0366. The van der Waals surface area contributed by atoms with Gasteiger partial charge in [-0.25, -0.2) is 24.0 Å². The summed E-state index contributed by atoms with van der Waals surface area (Å²) in [5, 5.41) is 5.16. The predicted octanol–water partition coefficient (Wildman–Crippen LogP) is 7.56. The SMILES string of the molecule is CCOC(=O)c1c(N(C(=O)OC(C)(C)C)C(=O)OC(C)(C)C)n(-c2c(C)ccc3c2cnn3C2CCCCO2)c(=O)c2cc(C)c(Cl)nc12. The van der Waals surface area contributed by atoms with Gasteiger partial charge < -0.3 is 18.9 Å². The number of esters is 1. The summed E-state index contributed by atoms with van der Waals surface area (Å²) >= 11 is 6.47. The monoisotopic (exact) mass is 695 g/mol. The van der Waals surface area contributed by atoms with Crippen LogP contribution in [0.5, 0.6) is 0 Å². The van der Waals surface area contributed by atoms with Gasteiger partial charge in [0.2, 0.25) is 0 Å². The first kappa shape index (κ1) is 35.8. The third kappa shape index (κ3) is 7.13. The summed E-state index contributed by atoms with van der Waals surface area (Å²) in [5.41, 5.74) is -1.49. The first-order valence-corrected chi connectivity index (χ1v) is 16.6. The molecule has 13 nitrogen and oxygen atoms in total. The summed E-state index contributed by atoms with van der Waals surface area (Å²) in [4.78, 5) is 62.3. The van der Waals surface area contributed by atoms with E-state index in [2.05, 4.69) is 10.1 Å². The lowest BCUT2D eigenvalue weighted by Gasteiger charge is -2.31. The summed E-state index contributed by atoms with van der Waals surface area (Å²) < 4.78 is 25.8. The molecule has 1 fully saturated rings. The number of benzene rings is 1. The smallest absolute Gasteiger partial charge is 0.425 e. The third-order valence-corrected chi connectivity index (χ3v) is 8.09. The van der Waals surface area contributed by atoms with Crippen molar-refractivity contribution < 1.29 is 33.3 Å². The van der Waals surface area contributed by atoms with Crippen LogP contribution in [0.3, 0.4) is 0 Å². The van der Waals surface area contributed by atoms with E-state index < -0.39 is 40.7 Å². The minimum Gasteiger partial charge on any atom is -0.462 e. The molecule has 0 aliphatic carbocycles. The molecular formula is C35H42ClN5O8. The number of pyridine rings is 2. The number of nitrogens with zero attached hydrogens (tertiary/aromatic N) is 5. The van der Waals surface area contributed by atoms with Gasteiger partial charge in [-0.1, -0.05) is 17.7 Å². The van der Waals surface area contributed by atoms with Crippen molar-refractivity contribution in [3.05, 3.63) is 56.6 Å². The number of carbonyl (C=O) groups excluding carboxylic acids is 3. The number of aryl methyl sites for hydroxylation is 2. The minimum atomic E-state index is -1.20. The van der Waals surface area contributed by atoms with Gasteiger partial charge in [0.1, 0.15) is 21.9 Å². The lowest BCUT2D eigenvalue weighted by atomic mass is 10.1. The van der Waals surface area contributed by atoms with Crippen LogP contribution < -0.4 is 10.5 Å². The molecule has 262 valence electrons. The number of imide groups is 1. The van der Waals surface area contributed by atoms with Crippen LogP contribution in [0.25, 0.3) is 27.5 Å². The number of amides is 2. The van der Waals surface area contributed by atoms with Crippen molar-refractivity contribution in [1.82, 2.24) is 19.3 Å². The number of aromatic nitrogens is 4. The van der Waals surface area contributed by atoms with E-state index in [9.17, 15) is 19.2 Å². The number of halogens is 1. The molecule has 0 radical (unpaired) electrons. The fourth-order valence-electron chi connectivity index (χ4n) is 5.71. The fourth-order valence-corrected chi connectivity index (χ4v) is 5.85. The number of hydrogen-bond donors (Lipinski definition) is 0. The average Bonchev–Trinajstić information content (AvgIpc) is 3.42. The van der Waals surface area contributed by atoms with Crippen LogP contribution in [0.2, 0.25) is 5.15 Å². The van der Waals surface area contributed by atoms with E-state index in [0.29, 0.717) is 33.5 Å². The quantitative estimate of drug-likeness (QED) is 0.117. The Labute approximate surface area is 289 Å². The molecule has 5 rings (SSSR count). The van der Waals surface area contributed by atoms with Gasteiger partial charge in [0.25, 0.3) is 5.56 Å². The molecule has 2 amide bonds. The van der Waals surface area contributed by atoms with Crippen LogP contribution in [0.4, 0.5) is 15.4 Å². The number of fused-ring (bicyclic) bond motifs is 2. The van der Waals surface area contributed by atoms with Crippen molar-refractivity contribution in [1.29, 1.82) is 0 Å². The van der Waals surface area contributed by atoms with Crippen LogP contribution in [-0.2, 0) is 18.9 Å². The summed E-state index contributed by atoms with van der Waals surface area (Å²) in [6, 6.07) is 5.16. The minimum absolute atomic E-state index is 0.00133. The molecule has 0 spiro atoms. The van der Waals surface area contributed by atoms with Crippen molar-refractivity contribution in [2.75, 3.05) is 18.1 Å². The molecule has 4 heterocycles. The van der Waals surface area contributed by atoms with Crippen LogP contribution in [0.15, 0.2) is 29.2 Å². The third-order valence-electron chi connectivity index (χ3n) is 7.71. The van der Waals surface area contributed by atoms with Crippen molar-refractivity contribution >= 4 is 57.4 Å². The molecule has 0 bridgehead atoms. The van der Waals surface area contributed by atoms with Crippen molar-refractivity contribution in [2.24, 2.45) is 0 Å². The largest absolute Gasteiger partial charge is 0.462 e. The second-order valence-electron chi connectivity index (χ2n) is 13.9. The van der Waals surface area contributed by atoms with Crippen molar-refractivity contribution in [3.8, 4) is 5.69 Å². The molecule has 49 heavy (non-hydrogen) atoms. The van der Waals surface area contributed by atoms with Crippen LogP contribution in [0, 0.1) is 13.8 Å². The van der Waals surface area contributed by atoms with Crippen molar-refractivity contribution in [3.63, 3.8) is 0 Å². The molecule has 14 heteroatoms. The van der Waals surface area contributed by atoms with Gasteiger partial charge in [-0.15, -0.1) is 0 Å².